The summed E-state index contributed by atoms with van der Waals surface area (Å²) < 4.78 is 17.8. The standard InChI is InChI=1S/C28H26N4O5/c1-4-35-28(34)21-16-29-32(24-14-18(3)20-7-5-6-17(2)26(20)30-24)27(21)31-25(33)11-9-19-8-10-22-23(15-19)37-13-12-36-22/h5-11,14-16H,4,12-13H2,1-3H3,(H,31,33)/b11-9-. The predicted octanol–water partition coefficient (Wildman–Crippen LogP) is 4.64. The first-order valence-electron chi connectivity index (χ1n) is 12.0. The number of ether oxygens (including phenoxy) is 3. The maximum atomic E-state index is 13.0. The van der Waals surface area contributed by atoms with Crippen LogP contribution >= 0.6 is 0 Å². The fraction of sp³-hybridized carbons (Fsp3) is 0.214. The van der Waals surface area contributed by atoms with E-state index in [2.05, 4.69) is 10.4 Å². The highest BCUT2D eigenvalue weighted by Gasteiger charge is 2.22. The van der Waals surface area contributed by atoms with Crippen molar-refractivity contribution in [3.63, 3.8) is 0 Å². The molecule has 0 unspecified atom stereocenters. The molecule has 0 atom stereocenters. The lowest BCUT2D eigenvalue weighted by Gasteiger charge is -2.18. The fourth-order valence-electron chi connectivity index (χ4n) is 4.15. The number of anilines is 1. The Morgan fingerprint density at radius 3 is 2.70 bits per heavy atom. The molecule has 0 aliphatic carbocycles. The molecular formula is C28H26N4O5. The normalized spacial score (nSPS) is 12.6. The molecule has 1 aliphatic heterocycles. The number of fused-ring (bicyclic) bond motifs is 2. The molecule has 0 radical (unpaired) electrons. The van der Waals surface area contributed by atoms with Gasteiger partial charge in [0.1, 0.15) is 18.8 Å². The van der Waals surface area contributed by atoms with Gasteiger partial charge in [-0.1, -0.05) is 24.3 Å². The molecule has 2 aromatic heterocycles. The van der Waals surface area contributed by atoms with Crippen LogP contribution in [0.3, 0.4) is 0 Å². The minimum Gasteiger partial charge on any atom is -0.486 e. The van der Waals surface area contributed by atoms with Crippen molar-refractivity contribution < 1.29 is 23.8 Å². The fourth-order valence-corrected chi connectivity index (χ4v) is 4.15. The number of carbonyl (C=O) groups is 2. The minimum absolute atomic E-state index is 0.132. The van der Waals surface area contributed by atoms with Crippen LogP contribution in [0, 0.1) is 13.8 Å². The van der Waals surface area contributed by atoms with Crippen molar-refractivity contribution in [3.8, 4) is 17.3 Å². The monoisotopic (exact) mass is 498 g/mol. The first-order valence-corrected chi connectivity index (χ1v) is 12.0. The smallest absolute Gasteiger partial charge is 0.343 e. The lowest BCUT2D eigenvalue weighted by molar-refractivity contribution is -0.111. The molecule has 1 aliphatic rings. The Hall–Kier alpha value is -4.66. The lowest BCUT2D eigenvalue weighted by atomic mass is 10.1. The van der Waals surface area contributed by atoms with Gasteiger partial charge in [0, 0.05) is 11.5 Å². The van der Waals surface area contributed by atoms with E-state index in [0.717, 1.165) is 27.6 Å². The third-order valence-electron chi connectivity index (χ3n) is 5.95. The molecule has 3 heterocycles. The number of nitrogens with one attached hydrogen (secondary N) is 1. The van der Waals surface area contributed by atoms with Gasteiger partial charge in [0.2, 0.25) is 5.91 Å². The molecule has 9 heteroatoms. The van der Waals surface area contributed by atoms with Gasteiger partial charge in [0.05, 0.1) is 18.3 Å². The van der Waals surface area contributed by atoms with Gasteiger partial charge in [0.25, 0.3) is 0 Å². The van der Waals surface area contributed by atoms with Gasteiger partial charge in [-0.05, 0) is 61.7 Å². The average Bonchev–Trinajstić information content (AvgIpc) is 3.31. The number of benzene rings is 2. The van der Waals surface area contributed by atoms with Gasteiger partial charge in [-0.15, -0.1) is 0 Å². The van der Waals surface area contributed by atoms with Gasteiger partial charge in [-0.25, -0.2) is 9.78 Å². The zero-order valence-corrected chi connectivity index (χ0v) is 20.8. The summed E-state index contributed by atoms with van der Waals surface area (Å²) in [6.45, 7) is 6.85. The van der Waals surface area contributed by atoms with Gasteiger partial charge in [-0.3, -0.25) is 4.79 Å². The summed E-state index contributed by atoms with van der Waals surface area (Å²) in [5.74, 6) is 0.911. The molecule has 0 saturated heterocycles. The molecule has 1 amide bonds. The van der Waals surface area contributed by atoms with Gasteiger partial charge in [0.15, 0.2) is 23.1 Å². The second-order valence-electron chi connectivity index (χ2n) is 8.53. The summed E-state index contributed by atoms with van der Waals surface area (Å²) in [6.07, 6.45) is 4.40. The number of pyridine rings is 1. The maximum Gasteiger partial charge on any atom is 0.343 e. The number of carbonyl (C=O) groups excluding carboxylic acids is 2. The van der Waals surface area contributed by atoms with Gasteiger partial charge < -0.3 is 19.5 Å². The molecule has 0 saturated carbocycles. The van der Waals surface area contributed by atoms with Crippen LogP contribution in [-0.2, 0) is 9.53 Å². The summed E-state index contributed by atoms with van der Waals surface area (Å²) in [6, 6.07) is 13.3. The Morgan fingerprint density at radius 2 is 1.89 bits per heavy atom. The first-order chi connectivity index (χ1) is 17.9. The largest absolute Gasteiger partial charge is 0.486 e. The predicted molar refractivity (Wildman–Crippen MR) is 139 cm³/mol. The van der Waals surface area contributed by atoms with E-state index in [4.69, 9.17) is 19.2 Å². The number of amides is 1. The topological polar surface area (TPSA) is 105 Å². The molecule has 9 nitrogen and oxygen atoms in total. The Balaban J connectivity index is 1.48. The zero-order chi connectivity index (χ0) is 25.9. The second kappa shape index (κ2) is 10.1. The number of hydrogen-bond donors (Lipinski definition) is 1. The Labute approximate surface area is 213 Å². The minimum atomic E-state index is -0.589. The number of rotatable bonds is 6. The van der Waals surface area contributed by atoms with Crippen molar-refractivity contribution in [1.82, 2.24) is 14.8 Å². The number of aromatic nitrogens is 3. The van der Waals surface area contributed by atoms with E-state index >= 15 is 0 Å². The molecule has 37 heavy (non-hydrogen) atoms. The zero-order valence-electron chi connectivity index (χ0n) is 20.8. The molecule has 0 bridgehead atoms. The SMILES string of the molecule is CCOC(=O)c1cnn(-c2cc(C)c3cccc(C)c3n2)c1NC(=O)/C=C\c1ccc2c(c1)OCCO2. The van der Waals surface area contributed by atoms with Crippen LogP contribution in [0.4, 0.5) is 5.82 Å². The van der Waals surface area contributed by atoms with Crippen LogP contribution in [0.2, 0.25) is 0 Å². The Bertz CT molecular complexity index is 1540. The van der Waals surface area contributed by atoms with Crippen molar-refractivity contribution in [3.05, 3.63) is 77.0 Å². The molecule has 4 aromatic rings. The molecule has 0 spiro atoms. The maximum absolute atomic E-state index is 13.0. The summed E-state index contributed by atoms with van der Waals surface area (Å²) in [5, 5.41) is 8.18. The molecule has 5 rings (SSSR count). The van der Waals surface area contributed by atoms with E-state index < -0.39 is 11.9 Å². The van der Waals surface area contributed by atoms with Crippen LogP contribution < -0.4 is 14.8 Å². The number of aryl methyl sites for hydroxylation is 2. The molecule has 1 N–H and O–H groups in total. The van der Waals surface area contributed by atoms with Crippen molar-refractivity contribution in [2.45, 2.75) is 20.8 Å². The van der Waals surface area contributed by atoms with E-state index in [1.165, 1.54) is 17.0 Å². The third-order valence-corrected chi connectivity index (χ3v) is 5.95. The number of hydrogen-bond acceptors (Lipinski definition) is 7. The Morgan fingerprint density at radius 1 is 1.08 bits per heavy atom. The average molecular weight is 499 g/mol. The Kier molecular flexibility index (Phi) is 6.59. The molecule has 2 aromatic carbocycles. The quantitative estimate of drug-likeness (QED) is 0.305. The second-order valence-corrected chi connectivity index (χ2v) is 8.53. The van der Waals surface area contributed by atoms with Crippen LogP contribution in [0.1, 0.15) is 34.0 Å². The number of nitrogens with zero attached hydrogens (tertiary/aromatic N) is 3. The highest BCUT2D eigenvalue weighted by Crippen LogP contribution is 2.31. The van der Waals surface area contributed by atoms with Crippen molar-refractivity contribution in [2.75, 3.05) is 25.1 Å². The van der Waals surface area contributed by atoms with E-state index in [1.54, 1.807) is 25.1 Å². The van der Waals surface area contributed by atoms with Crippen LogP contribution in [0.25, 0.3) is 22.8 Å². The first kappa shape index (κ1) is 24.1. The van der Waals surface area contributed by atoms with E-state index in [0.29, 0.717) is 30.5 Å². The van der Waals surface area contributed by atoms with Crippen molar-refractivity contribution in [2.24, 2.45) is 0 Å². The number of esters is 1. The molecule has 0 fully saturated rings. The van der Waals surface area contributed by atoms with E-state index in [9.17, 15) is 9.59 Å². The van der Waals surface area contributed by atoms with Gasteiger partial charge in [-0.2, -0.15) is 9.78 Å². The summed E-state index contributed by atoms with van der Waals surface area (Å²) in [4.78, 5) is 30.4. The van der Waals surface area contributed by atoms with Crippen LogP contribution in [-0.4, -0.2) is 46.5 Å². The van der Waals surface area contributed by atoms with E-state index in [1.807, 2.05) is 44.2 Å². The van der Waals surface area contributed by atoms with Gasteiger partial charge >= 0.3 is 5.97 Å². The summed E-state index contributed by atoms with van der Waals surface area (Å²) >= 11 is 0. The van der Waals surface area contributed by atoms with Crippen molar-refractivity contribution >= 4 is 34.7 Å². The van der Waals surface area contributed by atoms with Crippen LogP contribution in [0.5, 0.6) is 11.5 Å². The highest BCUT2D eigenvalue weighted by atomic mass is 16.6. The lowest BCUT2D eigenvalue weighted by Crippen LogP contribution is -2.17. The number of para-hydroxylation sites is 1. The van der Waals surface area contributed by atoms with Crippen LogP contribution in [0.15, 0.2) is 54.7 Å². The summed E-state index contributed by atoms with van der Waals surface area (Å²) in [5.41, 5.74) is 3.72. The highest BCUT2D eigenvalue weighted by molar-refractivity contribution is 6.06. The molecule has 188 valence electrons. The van der Waals surface area contributed by atoms with Crippen molar-refractivity contribution in [1.29, 1.82) is 0 Å². The van der Waals surface area contributed by atoms with E-state index in [-0.39, 0.29) is 18.0 Å². The molecular weight excluding hydrogens is 472 g/mol. The third kappa shape index (κ3) is 4.88. The summed E-state index contributed by atoms with van der Waals surface area (Å²) in [7, 11) is 0.